The molecule has 5 nitrogen and oxygen atoms in total. The van der Waals surface area contributed by atoms with E-state index in [4.69, 9.17) is 5.11 Å². The van der Waals surface area contributed by atoms with Crippen LogP contribution in [0.5, 0.6) is 0 Å². The Kier molecular flexibility index (Phi) is 7.54. The zero-order valence-electron chi connectivity index (χ0n) is 10.2. The molecule has 94 valence electrons. The Morgan fingerprint density at radius 3 is 2.38 bits per heavy atom. The number of aliphatic carboxylic acids is 1. The van der Waals surface area contributed by atoms with Gasteiger partial charge in [-0.25, -0.2) is 0 Å². The van der Waals surface area contributed by atoms with Crippen LogP contribution in [0.2, 0.25) is 0 Å². The SMILES string of the molecule is CC(C)CNC(=O)CNC(C)CCC(=O)O. The van der Waals surface area contributed by atoms with E-state index in [1.165, 1.54) is 0 Å². The summed E-state index contributed by atoms with van der Waals surface area (Å²) in [6.07, 6.45) is 0.661. The Balaban J connectivity index is 3.54. The highest BCUT2D eigenvalue weighted by Gasteiger charge is 2.07. The lowest BCUT2D eigenvalue weighted by Gasteiger charge is -2.13. The molecule has 0 aliphatic rings. The average Bonchev–Trinajstić information content (AvgIpc) is 2.20. The van der Waals surface area contributed by atoms with Gasteiger partial charge in [-0.1, -0.05) is 13.8 Å². The third-order valence-electron chi connectivity index (χ3n) is 2.11. The molecular formula is C11H22N2O3. The number of nitrogens with one attached hydrogen (secondary N) is 2. The summed E-state index contributed by atoms with van der Waals surface area (Å²) in [6, 6.07) is 0.0425. The van der Waals surface area contributed by atoms with Crippen molar-refractivity contribution in [3.63, 3.8) is 0 Å². The monoisotopic (exact) mass is 230 g/mol. The summed E-state index contributed by atoms with van der Waals surface area (Å²) in [7, 11) is 0. The van der Waals surface area contributed by atoms with Crippen LogP contribution in [0.4, 0.5) is 0 Å². The molecule has 0 bridgehead atoms. The number of carbonyl (C=O) groups is 2. The van der Waals surface area contributed by atoms with Crippen molar-refractivity contribution < 1.29 is 14.7 Å². The molecule has 16 heavy (non-hydrogen) atoms. The van der Waals surface area contributed by atoms with Gasteiger partial charge in [0.2, 0.25) is 5.91 Å². The summed E-state index contributed by atoms with van der Waals surface area (Å²) in [5, 5.41) is 14.2. The first-order chi connectivity index (χ1) is 7.41. The number of carboxylic acid groups (broad SMARTS) is 1. The third-order valence-corrected chi connectivity index (χ3v) is 2.11. The van der Waals surface area contributed by atoms with Crippen LogP contribution in [-0.4, -0.2) is 36.1 Å². The highest BCUT2D eigenvalue weighted by atomic mass is 16.4. The van der Waals surface area contributed by atoms with Crippen LogP contribution in [-0.2, 0) is 9.59 Å². The zero-order chi connectivity index (χ0) is 12.6. The molecule has 1 atom stereocenters. The molecule has 0 saturated carbocycles. The Bertz CT molecular complexity index is 229. The van der Waals surface area contributed by atoms with E-state index in [1.807, 2.05) is 20.8 Å². The van der Waals surface area contributed by atoms with Gasteiger partial charge in [-0.3, -0.25) is 9.59 Å². The van der Waals surface area contributed by atoms with Gasteiger partial charge in [0.05, 0.1) is 6.54 Å². The van der Waals surface area contributed by atoms with E-state index >= 15 is 0 Å². The van der Waals surface area contributed by atoms with Gasteiger partial charge in [-0.05, 0) is 19.3 Å². The number of amides is 1. The third kappa shape index (κ3) is 9.45. The first-order valence-corrected chi connectivity index (χ1v) is 5.63. The summed E-state index contributed by atoms with van der Waals surface area (Å²) < 4.78 is 0. The van der Waals surface area contributed by atoms with Crippen molar-refractivity contribution in [3.8, 4) is 0 Å². The summed E-state index contributed by atoms with van der Waals surface area (Å²) in [6.45, 7) is 6.85. The summed E-state index contributed by atoms with van der Waals surface area (Å²) >= 11 is 0. The first-order valence-electron chi connectivity index (χ1n) is 5.63. The van der Waals surface area contributed by atoms with Crippen molar-refractivity contribution in [1.29, 1.82) is 0 Å². The van der Waals surface area contributed by atoms with E-state index in [2.05, 4.69) is 10.6 Å². The molecule has 0 radical (unpaired) electrons. The molecule has 0 spiro atoms. The van der Waals surface area contributed by atoms with Gasteiger partial charge in [0.15, 0.2) is 0 Å². The lowest BCUT2D eigenvalue weighted by molar-refractivity contribution is -0.137. The van der Waals surface area contributed by atoms with E-state index in [-0.39, 0.29) is 24.9 Å². The molecule has 3 N–H and O–H groups in total. The molecule has 0 fully saturated rings. The van der Waals surface area contributed by atoms with E-state index in [9.17, 15) is 9.59 Å². The minimum Gasteiger partial charge on any atom is -0.481 e. The van der Waals surface area contributed by atoms with Crippen LogP contribution >= 0.6 is 0 Å². The van der Waals surface area contributed by atoms with Gasteiger partial charge in [0.1, 0.15) is 0 Å². The zero-order valence-corrected chi connectivity index (χ0v) is 10.2. The van der Waals surface area contributed by atoms with Gasteiger partial charge in [-0.2, -0.15) is 0 Å². The topological polar surface area (TPSA) is 78.4 Å². The maximum Gasteiger partial charge on any atom is 0.303 e. The van der Waals surface area contributed by atoms with Crippen molar-refractivity contribution in [1.82, 2.24) is 10.6 Å². The van der Waals surface area contributed by atoms with Crippen LogP contribution in [0.15, 0.2) is 0 Å². The lowest BCUT2D eigenvalue weighted by Crippen LogP contribution is -2.39. The second-order valence-corrected chi connectivity index (χ2v) is 4.41. The molecule has 0 heterocycles. The number of hydrogen-bond donors (Lipinski definition) is 3. The summed E-state index contributed by atoms with van der Waals surface area (Å²) in [5.74, 6) is -0.415. The van der Waals surface area contributed by atoms with E-state index < -0.39 is 5.97 Å². The molecule has 0 aliphatic carbocycles. The molecule has 0 aliphatic heterocycles. The molecule has 0 aromatic heterocycles. The van der Waals surface area contributed by atoms with Crippen LogP contribution in [0.3, 0.4) is 0 Å². The molecule has 0 saturated heterocycles. The standard InChI is InChI=1S/C11H22N2O3/c1-8(2)6-13-10(14)7-12-9(3)4-5-11(15)16/h8-9,12H,4-7H2,1-3H3,(H,13,14)(H,15,16). The maximum absolute atomic E-state index is 11.3. The number of carboxylic acids is 1. The van der Waals surface area contributed by atoms with Gasteiger partial charge in [-0.15, -0.1) is 0 Å². The minimum absolute atomic E-state index is 0.0425. The first kappa shape index (κ1) is 14.9. The highest BCUT2D eigenvalue weighted by Crippen LogP contribution is 1.95. The van der Waals surface area contributed by atoms with Crippen LogP contribution in [0, 0.1) is 5.92 Å². The number of carbonyl (C=O) groups excluding carboxylic acids is 1. The predicted octanol–water partition coefficient (Wildman–Crippen LogP) is 0.601. The van der Waals surface area contributed by atoms with Crippen molar-refractivity contribution >= 4 is 11.9 Å². The van der Waals surface area contributed by atoms with E-state index in [1.54, 1.807) is 0 Å². The second kappa shape index (κ2) is 8.10. The van der Waals surface area contributed by atoms with Crippen molar-refractivity contribution in [2.24, 2.45) is 5.92 Å². The largest absolute Gasteiger partial charge is 0.481 e. The molecular weight excluding hydrogens is 208 g/mol. The van der Waals surface area contributed by atoms with Crippen molar-refractivity contribution in [3.05, 3.63) is 0 Å². The molecule has 1 unspecified atom stereocenters. The fourth-order valence-electron chi connectivity index (χ4n) is 1.09. The number of rotatable bonds is 8. The van der Waals surface area contributed by atoms with Crippen molar-refractivity contribution in [2.45, 2.75) is 39.7 Å². The molecule has 5 heteroatoms. The van der Waals surface area contributed by atoms with Crippen LogP contribution in [0.25, 0.3) is 0 Å². The fraction of sp³-hybridized carbons (Fsp3) is 0.818. The number of hydrogen-bond acceptors (Lipinski definition) is 3. The van der Waals surface area contributed by atoms with Crippen LogP contribution in [0.1, 0.15) is 33.6 Å². The van der Waals surface area contributed by atoms with Gasteiger partial charge >= 0.3 is 5.97 Å². The highest BCUT2D eigenvalue weighted by molar-refractivity contribution is 5.78. The van der Waals surface area contributed by atoms with E-state index in [0.29, 0.717) is 18.9 Å². The molecule has 0 aromatic carbocycles. The normalized spacial score (nSPS) is 12.5. The Morgan fingerprint density at radius 2 is 1.88 bits per heavy atom. The smallest absolute Gasteiger partial charge is 0.303 e. The van der Waals surface area contributed by atoms with Gasteiger partial charge in [0, 0.05) is 19.0 Å². The van der Waals surface area contributed by atoms with Gasteiger partial charge < -0.3 is 15.7 Å². The fourth-order valence-corrected chi connectivity index (χ4v) is 1.09. The molecule has 0 aromatic rings. The van der Waals surface area contributed by atoms with Crippen molar-refractivity contribution in [2.75, 3.05) is 13.1 Å². The Morgan fingerprint density at radius 1 is 1.25 bits per heavy atom. The Labute approximate surface area is 96.6 Å². The van der Waals surface area contributed by atoms with E-state index in [0.717, 1.165) is 0 Å². The van der Waals surface area contributed by atoms with Crippen LogP contribution < -0.4 is 10.6 Å². The maximum atomic E-state index is 11.3. The predicted molar refractivity (Wildman–Crippen MR) is 62.2 cm³/mol. The minimum atomic E-state index is -0.807. The molecule has 0 rings (SSSR count). The quantitative estimate of drug-likeness (QED) is 0.570. The Hall–Kier alpha value is -1.10. The average molecular weight is 230 g/mol. The summed E-state index contributed by atoms with van der Waals surface area (Å²) in [4.78, 5) is 21.6. The lowest BCUT2D eigenvalue weighted by atomic mass is 10.2. The summed E-state index contributed by atoms with van der Waals surface area (Å²) in [5.41, 5.74) is 0. The second-order valence-electron chi connectivity index (χ2n) is 4.41. The molecule has 1 amide bonds. The van der Waals surface area contributed by atoms with Gasteiger partial charge in [0.25, 0.3) is 0 Å².